The number of amides is 1. The second-order valence-electron chi connectivity index (χ2n) is 6.64. The molecule has 2 unspecified atom stereocenters. The van der Waals surface area contributed by atoms with E-state index >= 15 is 0 Å². The largest absolute Gasteiger partial charge is 0.493 e. The van der Waals surface area contributed by atoms with Crippen molar-refractivity contribution < 1.29 is 32.2 Å². The third-order valence-electron chi connectivity index (χ3n) is 4.90. The highest BCUT2D eigenvalue weighted by Crippen LogP contribution is 2.39. The molecular weight excluding hydrogens is 363 g/mol. The Hall–Kier alpha value is -2.12. The summed E-state index contributed by atoms with van der Waals surface area (Å²) in [5.74, 6) is -0.460. The first kappa shape index (κ1) is 21.2. The molecule has 0 heterocycles. The minimum absolute atomic E-state index is 0.0708. The first-order valence-corrected chi connectivity index (χ1v) is 8.95. The Bertz CT molecular complexity index is 623. The van der Waals surface area contributed by atoms with Crippen molar-refractivity contribution in [3.63, 3.8) is 0 Å². The first-order valence-electron chi connectivity index (χ1n) is 8.95. The molecule has 27 heavy (non-hydrogen) atoms. The SMILES string of the molecule is COc1cc(CCC(=O)NC2CCCCC2C(F)(F)F)cc(OC)c1OC. The fourth-order valence-electron chi connectivity index (χ4n) is 3.51. The van der Waals surface area contributed by atoms with Gasteiger partial charge >= 0.3 is 6.18 Å². The lowest BCUT2D eigenvalue weighted by molar-refractivity contribution is -0.189. The van der Waals surface area contributed by atoms with Crippen molar-refractivity contribution >= 4 is 5.91 Å². The molecule has 0 spiro atoms. The van der Waals surface area contributed by atoms with Crippen LogP contribution in [0.4, 0.5) is 13.2 Å². The number of nitrogens with one attached hydrogen (secondary N) is 1. The molecule has 0 saturated heterocycles. The molecule has 1 aromatic rings. The summed E-state index contributed by atoms with van der Waals surface area (Å²) in [7, 11) is 4.48. The van der Waals surface area contributed by atoms with Gasteiger partial charge in [-0.15, -0.1) is 0 Å². The third kappa shape index (κ3) is 5.43. The van der Waals surface area contributed by atoms with Crippen molar-refractivity contribution in [2.24, 2.45) is 5.92 Å². The average Bonchev–Trinajstić information content (AvgIpc) is 2.64. The molecule has 0 aliphatic heterocycles. The zero-order chi connectivity index (χ0) is 20.0. The number of alkyl halides is 3. The zero-order valence-corrected chi connectivity index (χ0v) is 15.8. The van der Waals surface area contributed by atoms with Crippen LogP contribution in [0, 0.1) is 5.92 Å². The Kier molecular flexibility index (Phi) is 7.21. The molecule has 1 aliphatic rings. The van der Waals surface area contributed by atoms with Crippen LogP contribution in [0.25, 0.3) is 0 Å². The van der Waals surface area contributed by atoms with E-state index < -0.39 is 18.1 Å². The topological polar surface area (TPSA) is 56.8 Å². The smallest absolute Gasteiger partial charge is 0.393 e. The molecule has 8 heteroatoms. The highest BCUT2D eigenvalue weighted by atomic mass is 19.4. The van der Waals surface area contributed by atoms with Gasteiger partial charge in [0, 0.05) is 12.5 Å². The number of rotatable bonds is 7. The van der Waals surface area contributed by atoms with Gasteiger partial charge < -0.3 is 19.5 Å². The summed E-state index contributed by atoms with van der Waals surface area (Å²) in [5, 5.41) is 2.58. The van der Waals surface area contributed by atoms with Gasteiger partial charge in [-0.05, 0) is 37.0 Å². The van der Waals surface area contributed by atoms with E-state index in [1.165, 1.54) is 21.3 Å². The summed E-state index contributed by atoms with van der Waals surface area (Å²) in [6, 6.07) is 2.62. The van der Waals surface area contributed by atoms with E-state index in [1.54, 1.807) is 12.1 Å². The standard InChI is InChI=1S/C19H26F3NO4/c1-25-15-10-12(11-16(26-2)18(15)27-3)8-9-17(24)23-14-7-5-4-6-13(14)19(20,21)22/h10-11,13-14H,4-9H2,1-3H3,(H,23,24). The number of methoxy groups -OCH3 is 3. The van der Waals surface area contributed by atoms with E-state index in [-0.39, 0.29) is 18.7 Å². The quantitative estimate of drug-likeness (QED) is 0.769. The van der Waals surface area contributed by atoms with Crippen molar-refractivity contribution in [3.05, 3.63) is 17.7 Å². The summed E-state index contributed by atoms with van der Waals surface area (Å²) in [6.07, 6.45) is -2.17. The van der Waals surface area contributed by atoms with E-state index in [2.05, 4.69) is 5.32 Å². The molecule has 1 saturated carbocycles. The van der Waals surface area contributed by atoms with Gasteiger partial charge in [0.15, 0.2) is 11.5 Å². The van der Waals surface area contributed by atoms with E-state index in [0.717, 1.165) is 5.56 Å². The maximum atomic E-state index is 13.1. The Morgan fingerprint density at radius 1 is 1.07 bits per heavy atom. The average molecular weight is 389 g/mol. The molecule has 5 nitrogen and oxygen atoms in total. The molecule has 0 aromatic heterocycles. The fourth-order valence-corrected chi connectivity index (χ4v) is 3.51. The molecule has 1 aromatic carbocycles. The second kappa shape index (κ2) is 9.19. The van der Waals surface area contributed by atoms with Crippen molar-refractivity contribution in [2.45, 2.75) is 50.7 Å². The number of carbonyl (C=O) groups is 1. The van der Waals surface area contributed by atoms with Crippen LogP contribution in [0.15, 0.2) is 12.1 Å². The van der Waals surface area contributed by atoms with Crippen LogP contribution in [-0.4, -0.2) is 39.5 Å². The maximum absolute atomic E-state index is 13.1. The summed E-state index contributed by atoms with van der Waals surface area (Å²) in [6.45, 7) is 0. The highest BCUT2D eigenvalue weighted by molar-refractivity contribution is 5.76. The van der Waals surface area contributed by atoms with Crippen LogP contribution in [0.2, 0.25) is 0 Å². The number of carbonyl (C=O) groups excluding carboxylic acids is 1. The fraction of sp³-hybridized carbons (Fsp3) is 0.632. The van der Waals surface area contributed by atoms with Crippen LogP contribution < -0.4 is 19.5 Å². The molecule has 2 rings (SSSR count). The van der Waals surface area contributed by atoms with Crippen molar-refractivity contribution in [1.82, 2.24) is 5.32 Å². The summed E-state index contributed by atoms with van der Waals surface area (Å²) in [4.78, 5) is 12.2. The van der Waals surface area contributed by atoms with Crippen LogP contribution in [0.5, 0.6) is 17.2 Å². The second-order valence-corrected chi connectivity index (χ2v) is 6.64. The van der Waals surface area contributed by atoms with E-state index in [9.17, 15) is 18.0 Å². The number of hydrogen-bond donors (Lipinski definition) is 1. The predicted molar refractivity (Wildman–Crippen MR) is 94.4 cm³/mol. The van der Waals surface area contributed by atoms with Gasteiger partial charge in [0.2, 0.25) is 11.7 Å². The van der Waals surface area contributed by atoms with E-state index in [4.69, 9.17) is 14.2 Å². The molecule has 1 fully saturated rings. The molecule has 0 radical (unpaired) electrons. The minimum atomic E-state index is -4.28. The molecular formula is C19H26F3NO4. The van der Waals surface area contributed by atoms with Crippen molar-refractivity contribution in [1.29, 1.82) is 0 Å². The molecule has 1 aliphatic carbocycles. The van der Waals surface area contributed by atoms with E-state index in [0.29, 0.717) is 42.9 Å². The summed E-state index contributed by atoms with van der Waals surface area (Å²) in [5.41, 5.74) is 0.774. The number of aryl methyl sites for hydroxylation is 1. The Labute approximate surface area is 157 Å². The van der Waals surface area contributed by atoms with Crippen molar-refractivity contribution in [2.75, 3.05) is 21.3 Å². The van der Waals surface area contributed by atoms with Crippen LogP contribution in [0.3, 0.4) is 0 Å². The first-order chi connectivity index (χ1) is 12.8. The zero-order valence-electron chi connectivity index (χ0n) is 15.8. The van der Waals surface area contributed by atoms with Gasteiger partial charge in [-0.2, -0.15) is 13.2 Å². The van der Waals surface area contributed by atoms with Gasteiger partial charge in [0.1, 0.15) is 0 Å². The van der Waals surface area contributed by atoms with Gasteiger partial charge in [-0.25, -0.2) is 0 Å². The van der Waals surface area contributed by atoms with Gasteiger partial charge in [-0.3, -0.25) is 4.79 Å². The van der Waals surface area contributed by atoms with Crippen molar-refractivity contribution in [3.8, 4) is 17.2 Å². The predicted octanol–water partition coefficient (Wildman–Crippen LogP) is 3.88. The molecule has 1 amide bonds. The Morgan fingerprint density at radius 3 is 2.19 bits per heavy atom. The number of hydrogen-bond acceptors (Lipinski definition) is 4. The van der Waals surface area contributed by atoms with Crippen LogP contribution in [-0.2, 0) is 11.2 Å². The monoisotopic (exact) mass is 389 g/mol. The van der Waals surface area contributed by atoms with Crippen LogP contribution >= 0.6 is 0 Å². The van der Waals surface area contributed by atoms with Gasteiger partial charge in [-0.1, -0.05) is 12.8 Å². The third-order valence-corrected chi connectivity index (χ3v) is 4.90. The summed E-state index contributed by atoms with van der Waals surface area (Å²) < 4.78 is 55.2. The number of halogens is 3. The molecule has 1 N–H and O–H groups in total. The lowest BCUT2D eigenvalue weighted by Gasteiger charge is -2.33. The van der Waals surface area contributed by atoms with Gasteiger partial charge in [0.25, 0.3) is 0 Å². The van der Waals surface area contributed by atoms with Gasteiger partial charge in [0.05, 0.1) is 27.2 Å². The number of ether oxygens (including phenoxy) is 3. The lowest BCUT2D eigenvalue weighted by atomic mass is 9.84. The Balaban J connectivity index is 2.01. The Morgan fingerprint density at radius 2 is 1.67 bits per heavy atom. The minimum Gasteiger partial charge on any atom is -0.493 e. The lowest BCUT2D eigenvalue weighted by Crippen LogP contribution is -2.47. The molecule has 152 valence electrons. The molecule has 2 atom stereocenters. The van der Waals surface area contributed by atoms with E-state index in [1.807, 2.05) is 0 Å². The molecule has 0 bridgehead atoms. The highest BCUT2D eigenvalue weighted by Gasteiger charge is 2.45. The summed E-state index contributed by atoms with van der Waals surface area (Å²) >= 11 is 0. The van der Waals surface area contributed by atoms with Crippen LogP contribution in [0.1, 0.15) is 37.7 Å². The normalized spacial score (nSPS) is 20.1. The number of benzene rings is 1. The maximum Gasteiger partial charge on any atom is 0.393 e.